The van der Waals surface area contributed by atoms with Gasteiger partial charge in [-0.15, -0.1) is 0 Å². The highest BCUT2D eigenvalue weighted by Gasteiger charge is 2.28. The molecule has 0 saturated heterocycles. The number of nitrogens with zero attached hydrogens (tertiary/aromatic N) is 1. The number of aliphatic imine (C=N–C) groups is 1. The van der Waals surface area contributed by atoms with E-state index in [9.17, 15) is 4.79 Å². The molecule has 0 aliphatic carbocycles. The van der Waals surface area contributed by atoms with Crippen molar-refractivity contribution >= 4 is 40.6 Å². The summed E-state index contributed by atoms with van der Waals surface area (Å²) in [4.78, 5) is 19.7. The average molecular weight is 371 g/mol. The molecule has 1 aliphatic heterocycles. The number of aromatic nitrogens is 1. The second kappa shape index (κ2) is 7.05. The van der Waals surface area contributed by atoms with Crippen LogP contribution < -0.4 is 16.4 Å². The van der Waals surface area contributed by atoms with Gasteiger partial charge in [-0.3, -0.25) is 10.2 Å². The molecule has 1 aliphatic rings. The Morgan fingerprint density at radius 1 is 1.50 bits per heavy atom. The van der Waals surface area contributed by atoms with Crippen LogP contribution in [0.3, 0.4) is 0 Å². The Morgan fingerprint density at radius 3 is 2.96 bits per heavy atom. The van der Waals surface area contributed by atoms with E-state index in [4.69, 9.17) is 22.7 Å². The standard InChI is InChI=1S/C18H19ClN6O/c1-3-11(25-18(20)21)15-16(14-13(24-15)7-8-22-17(14)26)23-12-6-4-5-10(19)9(12)2/h3-6,23-24H,1,7-8H2,2H3,(H3,20,21)(H,22,26)/b25-11+. The maximum absolute atomic E-state index is 12.5. The van der Waals surface area contributed by atoms with Gasteiger partial charge in [0.1, 0.15) is 0 Å². The molecule has 1 amide bonds. The zero-order valence-electron chi connectivity index (χ0n) is 14.2. The Balaban J connectivity index is 2.20. The first-order valence-corrected chi connectivity index (χ1v) is 8.41. The fourth-order valence-corrected chi connectivity index (χ4v) is 3.08. The number of hydrogen-bond donors (Lipinski definition) is 5. The van der Waals surface area contributed by atoms with E-state index in [1.165, 1.54) is 6.08 Å². The van der Waals surface area contributed by atoms with E-state index in [0.717, 1.165) is 16.9 Å². The molecule has 0 fully saturated rings. The number of hydrogen-bond acceptors (Lipinski definition) is 3. The number of nitrogens with two attached hydrogens (primary N) is 1. The first-order chi connectivity index (χ1) is 12.4. The Kier molecular flexibility index (Phi) is 4.81. The third-order valence-corrected chi connectivity index (χ3v) is 4.59. The smallest absolute Gasteiger partial charge is 0.255 e. The molecule has 0 spiro atoms. The Hall–Kier alpha value is -3.06. The van der Waals surface area contributed by atoms with Crippen LogP contribution >= 0.6 is 11.6 Å². The molecule has 2 aromatic rings. The molecule has 7 nitrogen and oxygen atoms in total. The van der Waals surface area contributed by atoms with E-state index in [0.29, 0.717) is 40.6 Å². The van der Waals surface area contributed by atoms with Crippen LogP contribution in [0.25, 0.3) is 0 Å². The predicted octanol–water partition coefficient (Wildman–Crippen LogP) is 2.87. The second-order valence-corrected chi connectivity index (χ2v) is 6.27. The zero-order valence-corrected chi connectivity index (χ0v) is 15.0. The molecule has 26 heavy (non-hydrogen) atoms. The maximum Gasteiger partial charge on any atom is 0.255 e. The summed E-state index contributed by atoms with van der Waals surface area (Å²) in [6.07, 6.45) is 2.15. The number of halogens is 1. The minimum Gasteiger partial charge on any atom is -0.368 e. The molecule has 0 atom stereocenters. The van der Waals surface area contributed by atoms with Gasteiger partial charge < -0.3 is 21.4 Å². The summed E-state index contributed by atoms with van der Waals surface area (Å²) in [7, 11) is 0. The number of anilines is 2. The number of aromatic amines is 1. The van der Waals surface area contributed by atoms with Crippen molar-refractivity contribution in [1.29, 1.82) is 5.41 Å². The normalized spacial score (nSPS) is 13.8. The third kappa shape index (κ3) is 3.21. The SMILES string of the molecule is C=C/C(=N\C(=N)N)c1[nH]c2c(c1Nc1cccc(Cl)c1C)C(=O)NCC2. The molecule has 0 saturated carbocycles. The minimum absolute atomic E-state index is 0.179. The minimum atomic E-state index is -0.346. The molecule has 1 aromatic heterocycles. The highest BCUT2D eigenvalue weighted by Crippen LogP contribution is 2.33. The molecule has 134 valence electrons. The van der Waals surface area contributed by atoms with Crippen molar-refractivity contribution in [2.75, 3.05) is 11.9 Å². The van der Waals surface area contributed by atoms with Gasteiger partial charge in [0, 0.05) is 29.4 Å². The van der Waals surface area contributed by atoms with Crippen molar-refractivity contribution in [2.45, 2.75) is 13.3 Å². The number of amides is 1. The van der Waals surface area contributed by atoms with E-state index in [2.05, 4.69) is 27.2 Å². The van der Waals surface area contributed by atoms with Gasteiger partial charge in [-0.05, 0) is 30.7 Å². The highest BCUT2D eigenvalue weighted by molar-refractivity contribution is 6.31. The molecule has 0 bridgehead atoms. The predicted molar refractivity (Wildman–Crippen MR) is 105 cm³/mol. The molecule has 3 rings (SSSR count). The number of carbonyl (C=O) groups is 1. The van der Waals surface area contributed by atoms with E-state index in [-0.39, 0.29) is 11.9 Å². The Labute approximate surface area is 155 Å². The van der Waals surface area contributed by atoms with Gasteiger partial charge in [-0.1, -0.05) is 24.2 Å². The van der Waals surface area contributed by atoms with Gasteiger partial charge in [-0.25, -0.2) is 4.99 Å². The van der Waals surface area contributed by atoms with Crippen molar-refractivity contribution in [3.8, 4) is 0 Å². The number of carbonyl (C=O) groups excluding carboxylic acids is 1. The fourth-order valence-electron chi connectivity index (χ4n) is 2.91. The van der Waals surface area contributed by atoms with Crippen LogP contribution in [0.1, 0.15) is 27.3 Å². The molecule has 0 unspecified atom stereocenters. The monoisotopic (exact) mass is 370 g/mol. The number of H-pyrrole nitrogens is 1. The lowest BCUT2D eigenvalue weighted by Gasteiger charge is -2.16. The number of fused-ring (bicyclic) bond motifs is 1. The number of allylic oxidation sites excluding steroid dienone is 1. The number of nitrogens with one attached hydrogen (secondary N) is 4. The largest absolute Gasteiger partial charge is 0.368 e. The van der Waals surface area contributed by atoms with E-state index in [1.54, 1.807) is 6.07 Å². The van der Waals surface area contributed by atoms with Gasteiger partial charge in [0.15, 0.2) is 0 Å². The summed E-state index contributed by atoms with van der Waals surface area (Å²) in [5.74, 6) is -0.524. The van der Waals surface area contributed by atoms with Crippen LogP contribution in [0.15, 0.2) is 35.8 Å². The Bertz CT molecular complexity index is 943. The number of guanidine groups is 1. The van der Waals surface area contributed by atoms with Crippen LogP contribution in [0.5, 0.6) is 0 Å². The number of rotatable bonds is 4. The van der Waals surface area contributed by atoms with E-state index in [1.807, 2.05) is 19.1 Å². The summed E-state index contributed by atoms with van der Waals surface area (Å²) in [6.45, 7) is 6.18. The first kappa shape index (κ1) is 17.8. The van der Waals surface area contributed by atoms with Crippen molar-refractivity contribution in [1.82, 2.24) is 10.3 Å². The molecule has 8 heteroatoms. The summed E-state index contributed by atoms with van der Waals surface area (Å²) >= 11 is 6.21. The van der Waals surface area contributed by atoms with Crippen molar-refractivity contribution in [3.05, 3.63) is 58.4 Å². The van der Waals surface area contributed by atoms with Gasteiger partial charge in [0.25, 0.3) is 5.91 Å². The maximum atomic E-state index is 12.5. The molecular formula is C18H19ClN6O. The average Bonchev–Trinajstić information content (AvgIpc) is 2.96. The van der Waals surface area contributed by atoms with E-state index < -0.39 is 0 Å². The van der Waals surface area contributed by atoms with Crippen molar-refractivity contribution in [3.63, 3.8) is 0 Å². The third-order valence-electron chi connectivity index (χ3n) is 4.18. The Morgan fingerprint density at radius 2 is 2.27 bits per heavy atom. The van der Waals surface area contributed by atoms with Crippen LogP contribution in [0, 0.1) is 12.3 Å². The molecule has 0 radical (unpaired) electrons. The van der Waals surface area contributed by atoms with Gasteiger partial charge in [0.2, 0.25) is 5.96 Å². The van der Waals surface area contributed by atoms with Crippen molar-refractivity contribution < 1.29 is 4.79 Å². The van der Waals surface area contributed by atoms with Crippen LogP contribution in [-0.2, 0) is 6.42 Å². The topological polar surface area (TPSA) is 119 Å². The number of benzene rings is 1. The van der Waals surface area contributed by atoms with Gasteiger partial charge in [0.05, 0.1) is 22.7 Å². The summed E-state index contributed by atoms with van der Waals surface area (Å²) in [5.41, 5.74) is 9.84. The zero-order chi connectivity index (χ0) is 18.8. The van der Waals surface area contributed by atoms with Crippen LogP contribution in [-0.4, -0.2) is 29.1 Å². The van der Waals surface area contributed by atoms with E-state index >= 15 is 0 Å². The summed E-state index contributed by atoms with van der Waals surface area (Å²) in [5, 5.41) is 14.2. The lowest BCUT2D eigenvalue weighted by Crippen LogP contribution is -2.31. The summed E-state index contributed by atoms with van der Waals surface area (Å²) in [6, 6.07) is 5.50. The molecule has 2 heterocycles. The van der Waals surface area contributed by atoms with Crippen molar-refractivity contribution in [2.24, 2.45) is 10.7 Å². The quantitative estimate of drug-likeness (QED) is 0.420. The fraction of sp³-hybridized carbons (Fsp3) is 0.167. The first-order valence-electron chi connectivity index (χ1n) is 8.03. The van der Waals surface area contributed by atoms with Crippen LogP contribution in [0.2, 0.25) is 5.02 Å². The second-order valence-electron chi connectivity index (χ2n) is 5.86. The van der Waals surface area contributed by atoms with Gasteiger partial charge in [-0.2, -0.15) is 0 Å². The molecular weight excluding hydrogens is 352 g/mol. The van der Waals surface area contributed by atoms with Crippen LogP contribution in [0.4, 0.5) is 11.4 Å². The lowest BCUT2D eigenvalue weighted by molar-refractivity contribution is 0.0947. The summed E-state index contributed by atoms with van der Waals surface area (Å²) < 4.78 is 0. The highest BCUT2D eigenvalue weighted by atomic mass is 35.5. The molecule has 1 aromatic carbocycles. The lowest BCUT2D eigenvalue weighted by atomic mass is 10.1. The van der Waals surface area contributed by atoms with Gasteiger partial charge >= 0.3 is 0 Å². The molecule has 6 N–H and O–H groups in total.